The van der Waals surface area contributed by atoms with Crippen LogP contribution in [0.1, 0.15) is 57.1 Å². The van der Waals surface area contributed by atoms with Crippen LogP contribution in [0.15, 0.2) is 52.4 Å². The smallest absolute Gasteiger partial charge is 0.258 e. The highest BCUT2D eigenvalue weighted by molar-refractivity contribution is 7.99. The molecule has 1 spiro atoms. The van der Waals surface area contributed by atoms with Crippen molar-refractivity contribution in [2.75, 3.05) is 18.2 Å². The highest BCUT2D eigenvalue weighted by Crippen LogP contribution is 2.48. The number of nitrogens with zero attached hydrogens (tertiary/aromatic N) is 2. The average molecular weight is 552 g/mol. The first kappa shape index (κ1) is 26.8. The number of ether oxygens (including phenoxy) is 1. The third kappa shape index (κ3) is 5.23. The summed E-state index contributed by atoms with van der Waals surface area (Å²) in [5.41, 5.74) is 4.50. The molecule has 1 aromatic heterocycles. The van der Waals surface area contributed by atoms with E-state index in [-0.39, 0.29) is 28.6 Å². The van der Waals surface area contributed by atoms with Crippen molar-refractivity contribution in [3.8, 4) is 17.0 Å². The predicted molar refractivity (Wildman–Crippen MR) is 155 cm³/mol. The van der Waals surface area contributed by atoms with E-state index in [9.17, 15) is 9.59 Å². The second-order valence-corrected chi connectivity index (χ2v) is 12.1. The third-order valence-corrected chi connectivity index (χ3v) is 8.86. The maximum absolute atomic E-state index is 14.3. The van der Waals surface area contributed by atoms with Gasteiger partial charge in [-0.1, -0.05) is 80.7 Å². The first-order valence-corrected chi connectivity index (χ1v) is 14.7. The minimum Gasteiger partial charge on any atom is -0.495 e. The summed E-state index contributed by atoms with van der Waals surface area (Å²) in [4.78, 5) is 32.3. The van der Waals surface area contributed by atoms with Crippen LogP contribution in [0.5, 0.6) is 5.75 Å². The molecule has 1 amide bonds. The number of hydrogen-bond donors (Lipinski definition) is 1. The lowest BCUT2D eigenvalue weighted by atomic mass is 9.62. The number of benzene rings is 2. The van der Waals surface area contributed by atoms with Crippen LogP contribution in [0.2, 0.25) is 5.02 Å². The molecule has 3 aromatic rings. The number of carbonyl (C=O) groups excluding carboxylic acids is 1. The van der Waals surface area contributed by atoms with Gasteiger partial charge in [-0.15, -0.1) is 0 Å². The standard InChI is InChI=1S/C30H34ClN3O3S/c1-19(2)17-34-28(36)26-27(22-10-6-5-9-20(22)16-30(26)13-7-4-8-14-30)33-29(34)38-18-25(35)32-21-11-12-24(37-3)23(31)15-21/h5-6,9-12,15,19H,4,7-8,13-14,16-18H2,1-3H3,(H,32,35). The van der Waals surface area contributed by atoms with E-state index in [4.69, 9.17) is 21.3 Å². The molecule has 6 nitrogen and oxygen atoms in total. The number of nitrogens with one attached hydrogen (secondary N) is 1. The molecule has 0 unspecified atom stereocenters. The normalized spacial score (nSPS) is 15.7. The molecule has 0 atom stereocenters. The molecule has 5 rings (SSSR count). The number of carbonyl (C=O) groups is 1. The van der Waals surface area contributed by atoms with Gasteiger partial charge in [0.25, 0.3) is 5.56 Å². The minimum atomic E-state index is -0.191. The summed E-state index contributed by atoms with van der Waals surface area (Å²) in [6, 6.07) is 13.5. The molecular weight excluding hydrogens is 518 g/mol. The van der Waals surface area contributed by atoms with Crippen molar-refractivity contribution in [1.29, 1.82) is 0 Å². The number of aromatic nitrogens is 2. The van der Waals surface area contributed by atoms with Gasteiger partial charge < -0.3 is 10.1 Å². The lowest BCUT2D eigenvalue weighted by Crippen LogP contribution is -2.43. The Morgan fingerprint density at radius 3 is 2.66 bits per heavy atom. The Morgan fingerprint density at radius 1 is 1.18 bits per heavy atom. The summed E-state index contributed by atoms with van der Waals surface area (Å²) < 4.78 is 7.00. The summed E-state index contributed by atoms with van der Waals surface area (Å²) in [6.07, 6.45) is 6.43. The molecule has 0 saturated heterocycles. The van der Waals surface area contributed by atoms with Gasteiger partial charge in [-0.05, 0) is 48.9 Å². The molecule has 8 heteroatoms. The van der Waals surface area contributed by atoms with Crippen molar-refractivity contribution in [2.45, 2.75) is 69.5 Å². The Balaban J connectivity index is 1.50. The number of anilines is 1. The highest BCUT2D eigenvalue weighted by Gasteiger charge is 2.43. The summed E-state index contributed by atoms with van der Waals surface area (Å²) in [7, 11) is 1.55. The molecule has 200 valence electrons. The molecule has 2 aliphatic carbocycles. The molecule has 1 saturated carbocycles. The molecule has 1 fully saturated rings. The molecule has 1 heterocycles. The monoisotopic (exact) mass is 551 g/mol. The number of thioether (sulfide) groups is 1. The van der Waals surface area contributed by atoms with E-state index in [1.54, 1.807) is 25.3 Å². The van der Waals surface area contributed by atoms with Crippen molar-refractivity contribution < 1.29 is 9.53 Å². The zero-order chi connectivity index (χ0) is 26.9. The van der Waals surface area contributed by atoms with Crippen LogP contribution in [0.3, 0.4) is 0 Å². The van der Waals surface area contributed by atoms with Gasteiger partial charge >= 0.3 is 0 Å². The lowest BCUT2D eigenvalue weighted by molar-refractivity contribution is -0.113. The van der Waals surface area contributed by atoms with E-state index in [0.717, 1.165) is 48.9 Å². The Bertz CT molecular complexity index is 1410. The molecule has 2 aromatic carbocycles. The Labute approximate surface area is 233 Å². The van der Waals surface area contributed by atoms with Gasteiger partial charge in [-0.25, -0.2) is 4.98 Å². The van der Waals surface area contributed by atoms with Crippen LogP contribution in [0.4, 0.5) is 5.69 Å². The van der Waals surface area contributed by atoms with E-state index in [0.29, 0.717) is 28.2 Å². The number of hydrogen-bond acceptors (Lipinski definition) is 5. The minimum absolute atomic E-state index is 0.0601. The molecule has 0 radical (unpaired) electrons. The maximum atomic E-state index is 14.3. The van der Waals surface area contributed by atoms with Crippen LogP contribution in [-0.2, 0) is 23.2 Å². The number of amides is 1. The molecular formula is C30H34ClN3O3S. The van der Waals surface area contributed by atoms with Gasteiger partial charge in [0.1, 0.15) is 5.75 Å². The van der Waals surface area contributed by atoms with Gasteiger partial charge in [-0.3, -0.25) is 14.2 Å². The number of halogens is 1. The number of rotatable bonds is 7. The highest BCUT2D eigenvalue weighted by atomic mass is 35.5. The topological polar surface area (TPSA) is 73.2 Å². The quantitative estimate of drug-likeness (QED) is 0.261. The molecule has 0 aliphatic heterocycles. The van der Waals surface area contributed by atoms with Crippen molar-refractivity contribution in [3.05, 3.63) is 69.0 Å². The number of fused-ring (bicyclic) bond motifs is 4. The van der Waals surface area contributed by atoms with Crippen LogP contribution < -0.4 is 15.6 Å². The van der Waals surface area contributed by atoms with Crippen molar-refractivity contribution in [2.24, 2.45) is 5.92 Å². The van der Waals surface area contributed by atoms with Gasteiger partial charge in [0.2, 0.25) is 5.91 Å². The van der Waals surface area contributed by atoms with Gasteiger partial charge in [0.05, 0.1) is 29.1 Å². The molecule has 2 aliphatic rings. The number of methoxy groups -OCH3 is 1. The second kappa shape index (κ2) is 11.1. The lowest BCUT2D eigenvalue weighted by Gasteiger charge is -2.42. The van der Waals surface area contributed by atoms with E-state index in [2.05, 4.69) is 37.4 Å². The summed E-state index contributed by atoms with van der Waals surface area (Å²) in [5, 5.41) is 3.91. The zero-order valence-electron chi connectivity index (χ0n) is 22.2. The van der Waals surface area contributed by atoms with Crippen LogP contribution in [0.25, 0.3) is 11.3 Å². The van der Waals surface area contributed by atoms with Crippen LogP contribution >= 0.6 is 23.4 Å². The van der Waals surface area contributed by atoms with Crippen molar-refractivity contribution in [1.82, 2.24) is 9.55 Å². The van der Waals surface area contributed by atoms with E-state index in [1.807, 2.05) is 10.6 Å². The summed E-state index contributed by atoms with van der Waals surface area (Å²) in [6.45, 7) is 4.77. The fourth-order valence-electron chi connectivity index (χ4n) is 5.93. The third-order valence-electron chi connectivity index (χ3n) is 7.59. The van der Waals surface area contributed by atoms with E-state index >= 15 is 0 Å². The van der Waals surface area contributed by atoms with Crippen LogP contribution in [0, 0.1) is 5.92 Å². The van der Waals surface area contributed by atoms with Gasteiger partial charge in [-0.2, -0.15) is 0 Å². The fourth-order valence-corrected chi connectivity index (χ4v) is 6.99. The zero-order valence-corrected chi connectivity index (χ0v) is 23.8. The van der Waals surface area contributed by atoms with Crippen molar-refractivity contribution >= 4 is 35.0 Å². The molecule has 1 N–H and O–H groups in total. The average Bonchev–Trinajstić information content (AvgIpc) is 2.89. The Hall–Kier alpha value is -2.77. The fraction of sp³-hybridized carbons (Fsp3) is 0.433. The van der Waals surface area contributed by atoms with Gasteiger partial charge in [0.15, 0.2) is 5.16 Å². The van der Waals surface area contributed by atoms with E-state index < -0.39 is 0 Å². The second-order valence-electron chi connectivity index (χ2n) is 10.8. The maximum Gasteiger partial charge on any atom is 0.258 e. The van der Waals surface area contributed by atoms with Crippen LogP contribution in [-0.4, -0.2) is 28.3 Å². The SMILES string of the molecule is COc1ccc(NC(=O)CSc2nc3c(c(=O)n2CC(C)C)C2(CCCCC2)Cc2ccccc2-3)cc1Cl. The molecule has 0 bridgehead atoms. The van der Waals surface area contributed by atoms with Crippen molar-refractivity contribution in [3.63, 3.8) is 0 Å². The predicted octanol–water partition coefficient (Wildman–Crippen LogP) is 6.72. The largest absolute Gasteiger partial charge is 0.495 e. The summed E-state index contributed by atoms with van der Waals surface area (Å²) in [5.74, 6) is 0.745. The molecule has 38 heavy (non-hydrogen) atoms. The van der Waals surface area contributed by atoms with E-state index in [1.165, 1.54) is 23.7 Å². The Kier molecular flexibility index (Phi) is 7.87. The first-order valence-electron chi connectivity index (χ1n) is 13.3. The first-order chi connectivity index (χ1) is 18.3. The Morgan fingerprint density at radius 2 is 1.95 bits per heavy atom. The summed E-state index contributed by atoms with van der Waals surface area (Å²) >= 11 is 7.52. The van der Waals surface area contributed by atoms with Gasteiger partial charge in [0, 0.05) is 23.2 Å².